The highest BCUT2D eigenvalue weighted by molar-refractivity contribution is 6.12. The number of benzene rings is 1. The summed E-state index contributed by atoms with van der Waals surface area (Å²) in [6, 6.07) is 13.6. The lowest BCUT2D eigenvalue weighted by molar-refractivity contribution is 0.824. The number of rotatable bonds is 2. The number of pyridine rings is 1. The minimum Gasteiger partial charge on any atom is -0.412 e. The molecule has 4 nitrogen and oxygen atoms in total. The SMILES string of the molecule is NN=C(c1ccccc1)c1ccncc1.O. The third-order valence-corrected chi connectivity index (χ3v) is 2.13. The third-order valence-electron chi connectivity index (χ3n) is 2.13. The number of hydrazone groups is 1. The van der Waals surface area contributed by atoms with Gasteiger partial charge in [0.25, 0.3) is 0 Å². The average Bonchev–Trinajstić information content (AvgIpc) is 2.33. The highest BCUT2D eigenvalue weighted by Gasteiger charge is 2.04. The molecule has 4 N–H and O–H groups in total. The fourth-order valence-electron chi connectivity index (χ4n) is 1.42. The first-order chi connectivity index (χ1) is 7.42. The number of nitrogens with two attached hydrogens (primary N) is 1. The van der Waals surface area contributed by atoms with Gasteiger partial charge in [-0.1, -0.05) is 30.3 Å². The van der Waals surface area contributed by atoms with Crippen molar-refractivity contribution in [1.29, 1.82) is 0 Å². The molecule has 0 saturated carbocycles. The Hall–Kier alpha value is -2.20. The molecule has 0 unspecified atom stereocenters. The molecule has 0 atom stereocenters. The van der Waals surface area contributed by atoms with E-state index in [1.54, 1.807) is 12.4 Å². The van der Waals surface area contributed by atoms with Crippen molar-refractivity contribution in [2.45, 2.75) is 0 Å². The van der Waals surface area contributed by atoms with Crippen LogP contribution in [0.5, 0.6) is 0 Å². The Labute approximate surface area is 93.8 Å². The van der Waals surface area contributed by atoms with E-state index in [9.17, 15) is 0 Å². The highest BCUT2D eigenvalue weighted by atomic mass is 16.0. The molecule has 0 aliphatic carbocycles. The number of nitrogens with zero attached hydrogens (tertiary/aromatic N) is 2. The Morgan fingerprint density at radius 2 is 1.50 bits per heavy atom. The Morgan fingerprint density at radius 1 is 0.938 bits per heavy atom. The van der Waals surface area contributed by atoms with E-state index < -0.39 is 0 Å². The molecular weight excluding hydrogens is 202 g/mol. The zero-order valence-corrected chi connectivity index (χ0v) is 8.67. The second-order valence-corrected chi connectivity index (χ2v) is 3.08. The van der Waals surface area contributed by atoms with E-state index in [1.165, 1.54) is 0 Å². The summed E-state index contributed by atoms with van der Waals surface area (Å²) in [5.41, 5.74) is 2.75. The van der Waals surface area contributed by atoms with Crippen LogP contribution in [0.25, 0.3) is 0 Å². The van der Waals surface area contributed by atoms with E-state index in [4.69, 9.17) is 5.84 Å². The largest absolute Gasteiger partial charge is 0.412 e. The van der Waals surface area contributed by atoms with Gasteiger partial charge in [-0.05, 0) is 12.1 Å². The second-order valence-electron chi connectivity index (χ2n) is 3.08. The zero-order valence-electron chi connectivity index (χ0n) is 8.67. The van der Waals surface area contributed by atoms with Crippen molar-refractivity contribution in [3.8, 4) is 0 Å². The standard InChI is InChI=1S/C12H11N3.H2O/c13-15-12(10-4-2-1-3-5-10)11-6-8-14-9-7-11;/h1-9H,13H2;1H2. The molecule has 16 heavy (non-hydrogen) atoms. The van der Waals surface area contributed by atoms with Crippen LogP contribution >= 0.6 is 0 Å². The van der Waals surface area contributed by atoms with Gasteiger partial charge in [0.2, 0.25) is 0 Å². The molecule has 0 aliphatic rings. The van der Waals surface area contributed by atoms with Crippen LogP contribution in [0.1, 0.15) is 11.1 Å². The maximum absolute atomic E-state index is 5.40. The first kappa shape index (κ1) is 11.9. The Morgan fingerprint density at radius 3 is 2.06 bits per heavy atom. The maximum atomic E-state index is 5.40. The monoisotopic (exact) mass is 215 g/mol. The first-order valence-corrected chi connectivity index (χ1v) is 4.65. The summed E-state index contributed by atoms with van der Waals surface area (Å²) in [5, 5.41) is 3.82. The summed E-state index contributed by atoms with van der Waals surface area (Å²) in [4.78, 5) is 3.96. The molecule has 1 heterocycles. The summed E-state index contributed by atoms with van der Waals surface area (Å²) in [7, 11) is 0. The van der Waals surface area contributed by atoms with E-state index >= 15 is 0 Å². The fraction of sp³-hybridized carbons (Fsp3) is 0. The van der Waals surface area contributed by atoms with Gasteiger partial charge >= 0.3 is 0 Å². The molecule has 2 rings (SSSR count). The van der Waals surface area contributed by atoms with Crippen molar-refractivity contribution >= 4 is 5.71 Å². The summed E-state index contributed by atoms with van der Waals surface area (Å²) in [6.07, 6.45) is 3.45. The second kappa shape index (κ2) is 5.63. The smallest absolute Gasteiger partial charge is 0.0972 e. The molecule has 82 valence electrons. The van der Waals surface area contributed by atoms with Crippen molar-refractivity contribution in [2.75, 3.05) is 0 Å². The van der Waals surface area contributed by atoms with Crippen molar-refractivity contribution < 1.29 is 5.48 Å². The summed E-state index contributed by atoms with van der Waals surface area (Å²) in [6.45, 7) is 0. The van der Waals surface area contributed by atoms with Gasteiger partial charge < -0.3 is 11.3 Å². The van der Waals surface area contributed by atoms with Gasteiger partial charge in [0, 0.05) is 23.5 Å². The molecule has 1 aromatic heterocycles. The minimum atomic E-state index is 0. The third kappa shape index (κ3) is 2.43. The van der Waals surface area contributed by atoms with Gasteiger partial charge in [-0.3, -0.25) is 4.98 Å². The van der Waals surface area contributed by atoms with Crippen LogP contribution in [0.2, 0.25) is 0 Å². The van der Waals surface area contributed by atoms with E-state index in [-0.39, 0.29) is 5.48 Å². The van der Waals surface area contributed by atoms with Crippen molar-refractivity contribution in [3.63, 3.8) is 0 Å². The Kier molecular flexibility index (Phi) is 4.17. The molecule has 0 spiro atoms. The molecule has 1 aromatic carbocycles. The maximum Gasteiger partial charge on any atom is 0.0972 e. The lowest BCUT2D eigenvalue weighted by Gasteiger charge is -2.04. The van der Waals surface area contributed by atoms with Crippen molar-refractivity contribution in [1.82, 2.24) is 4.98 Å². The van der Waals surface area contributed by atoms with Crippen LogP contribution in [0.3, 0.4) is 0 Å². The van der Waals surface area contributed by atoms with E-state index in [1.807, 2.05) is 42.5 Å². The topological polar surface area (TPSA) is 82.8 Å². The van der Waals surface area contributed by atoms with Gasteiger partial charge in [0.05, 0.1) is 5.71 Å². The predicted octanol–water partition coefficient (Wildman–Crippen LogP) is 0.968. The number of aromatic nitrogens is 1. The van der Waals surface area contributed by atoms with Crippen molar-refractivity contribution in [2.24, 2.45) is 10.9 Å². The van der Waals surface area contributed by atoms with Crippen LogP contribution in [0, 0.1) is 0 Å². The molecule has 0 bridgehead atoms. The van der Waals surface area contributed by atoms with Gasteiger partial charge in [0.15, 0.2) is 0 Å². The lowest BCUT2D eigenvalue weighted by Crippen LogP contribution is -2.06. The van der Waals surface area contributed by atoms with Gasteiger partial charge in [-0.15, -0.1) is 0 Å². The van der Waals surface area contributed by atoms with Crippen LogP contribution in [-0.2, 0) is 0 Å². The Balaban J connectivity index is 0.00000128. The van der Waals surface area contributed by atoms with Crippen LogP contribution in [0.4, 0.5) is 0 Å². The zero-order chi connectivity index (χ0) is 10.5. The number of hydrogen-bond acceptors (Lipinski definition) is 3. The molecular formula is C12H13N3O. The van der Waals surface area contributed by atoms with E-state index in [2.05, 4.69) is 10.1 Å². The molecule has 0 fully saturated rings. The normalized spacial score (nSPS) is 10.6. The van der Waals surface area contributed by atoms with E-state index in [0.717, 1.165) is 16.8 Å². The fourth-order valence-corrected chi connectivity index (χ4v) is 1.42. The summed E-state index contributed by atoms with van der Waals surface area (Å²) in [5.74, 6) is 5.40. The molecule has 0 saturated heterocycles. The highest BCUT2D eigenvalue weighted by Crippen LogP contribution is 2.08. The molecule has 4 heteroatoms. The van der Waals surface area contributed by atoms with Crippen LogP contribution < -0.4 is 5.84 Å². The molecule has 0 aliphatic heterocycles. The van der Waals surface area contributed by atoms with Gasteiger partial charge in [-0.25, -0.2) is 0 Å². The quantitative estimate of drug-likeness (QED) is 0.460. The minimum absolute atomic E-state index is 0. The average molecular weight is 215 g/mol. The van der Waals surface area contributed by atoms with Gasteiger partial charge in [-0.2, -0.15) is 5.10 Å². The predicted molar refractivity (Wildman–Crippen MR) is 64.1 cm³/mol. The molecule has 0 amide bonds. The first-order valence-electron chi connectivity index (χ1n) is 4.65. The van der Waals surface area contributed by atoms with Crippen molar-refractivity contribution in [3.05, 3.63) is 66.0 Å². The van der Waals surface area contributed by atoms with Crippen LogP contribution in [-0.4, -0.2) is 16.2 Å². The van der Waals surface area contributed by atoms with E-state index in [0.29, 0.717) is 0 Å². The summed E-state index contributed by atoms with van der Waals surface area (Å²) >= 11 is 0. The number of hydrogen-bond donors (Lipinski definition) is 1. The lowest BCUT2D eigenvalue weighted by atomic mass is 10.0. The molecule has 0 radical (unpaired) electrons. The van der Waals surface area contributed by atoms with Gasteiger partial charge in [0.1, 0.15) is 0 Å². The molecule has 2 aromatic rings. The summed E-state index contributed by atoms with van der Waals surface area (Å²) < 4.78 is 0. The Bertz CT molecular complexity index is 413. The van der Waals surface area contributed by atoms with Crippen LogP contribution in [0.15, 0.2) is 60.0 Å².